The molecule has 1 fully saturated rings. The Labute approximate surface area is 155 Å². The van der Waals surface area contributed by atoms with Gasteiger partial charge in [-0.2, -0.15) is 0 Å². The molecule has 0 bridgehead atoms. The van der Waals surface area contributed by atoms with Crippen molar-refractivity contribution in [2.24, 2.45) is 0 Å². The predicted molar refractivity (Wildman–Crippen MR) is 101 cm³/mol. The molecule has 1 aliphatic carbocycles. The highest BCUT2D eigenvalue weighted by Gasteiger charge is 2.27. The molecule has 0 aromatic carbocycles. The minimum absolute atomic E-state index is 0.0349. The number of carbonyl (C=O) groups excluding carboxylic acids is 1. The van der Waals surface area contributed by atoms with Crippen LogP contribution in [0.4, 0.5) is 4.79 Å². The van der Waals surface area contributed by atoms with Crippen molar-refractivity contribution in [3.05, 3.63) is 48.8 Å². The number of hydrogen-bond acceptors (Lipinski definition) is 3. The van der Waals surface area contributed by atoms with E-state index in [-0.39, 0.29) is 12.1 Å². The van der Waals surface area contributed by atoms with Crippen LogP contribution in [0.3, 0.4) is 0 Å². The molecule has 1 N–H and O–H groups in total. The van der Waals surface area contributed by atoms with E-state index in [1.54, 1.807) is 18.7 Å². The lowest BCUT2D eigenvalue weighted by Crippen LogP contribution is -2.50. The lowest BCUT2D eigenvalue weighted by molar-refractivity contribution is 0.146. The van der Waals surface area contributed by atoms with Crippen LogP contribution in [0.25, 0.3) is 0 Å². The van der Waals surface area contributed by atoms with Crippen LogP contribution in [0.15, 0.2) is 43.2 Å². The Morgan fingerprint density at radius 3 is 2.81 bits per heavy atom. The number of rotatable bonds is 7. The molecule has 3 rings (SSSR count). The molecule has 2 amide bonds. The van der Waals surface area contributed by atoms with Crippen molar-refractivity contribution < 1.29 is 4.79 Å². The highest BCUT2D eigenvalue weighted by Crippen LogP contribution is 2.24. The normalized spacial score (nSPS) is 16.2. The monoisotopic (exact) mass is 355 g/mol. The molecule has 2 aromatic rings. The first-order valence-corrected chi connectivity index (χ1v) is 9.68. The molecular weight excluding hydrogens is 326 g/mol. The average molecular weight is 355 g/mol. The standard InChI is InChI=1S/C20H29N5O/c1-2-18(15-24-12-11-22-16-24)23-20(26)25(19-8-4-3-5-9-19)14-17-7-6-10-21-13-17/h6-7,10-13,16,18-19H,2-5,8-9,14-15H2,1H3,(H,23,26)/t18-/m1/s1. The summed E-state index contributed by atoms with van der Waals surface area (Å²) < 4.78 is 2.01. The minimum Gasteiger partial charge on any atom is -0.335 e. The summed E-state index contributed by atoms with van der Waals surface area (Å²) in [5, 5.41) is 3.24. The Morgan fingerprint density at radius 1 is 1.31 bits per heavy atom. The van der Waals surface area contributed by atoms with Crippen LogP contribution in [0.2, 0.25) is 0 Å². The summed E-state index contributed by atoms with van der Waals surface area (Å²) in [7, 11) is 0. The minimum atomic E-state index is 0.0349. The SMILES string of the molecule is CC[C@H](Cn1ccnc1)NC(=O)N(Cc1cccnc1)C1CCCCC1. The second-order valence-electron chi connectivity index (χ2n) is 7.10. The van der Waals surface area contributed by atoms with Crippen molar-refractivity contribution >= 4 is 6.03 Å². The van der Waals surface area contributed by atoms with Gasteiger partial charge in [-0.15, -0.1) is 0 Å². The number of pyridine rings is 1. The molecule has 6 heteroatoms. The fraction of sp³-hybridized carbons (Fsp3) is 0.550. The van der Waals surface area contributed by atoms with Crippen molar-refractivity contribution in [1.29, 1.82) is 0 Å². The number of aromatic nitrogens is 3. The number of nitrogens with one attached hydrogen (secondary N) is 1. The third-order valence-electron chi connectivity index (χ3n) is 5.16. The van der Waals surface area contributed by atoms with Crippen LogP contribution in [0.5, 0.6) is 0 Å². The largest absolute Gasteiger partial charge is 0.335 e. The van der Waals surface area contributed by atoms with Crippen LogP contribution < -0.4 is 5.32 Å². The highest BCUT2D eigenvalue weighted by atomic mass is 16.2. The quantitative estimate of drug-likeness (QED) is 0.825. The maximum atomic E-state index is 13.1. The molecule has 0 radical (unpaired) electrons. The van der Waals surface area contributed by atoms with Crippen molar-refractivity contribution in [2.45, 2.75) is 70.6 Å². The smallest absolute Gasteiger partial charge is 0.318 e. The number of hydrogen-bond donors (Lipinski definition) is 1. The van der Waals surface area contributed by atoms with Crippen molar-refractivity contribution in [2.75, 3.05) is 0 Å². The van der Waals surface area contributed by atoms with Gasteiger partial charge in [0.1, 0.15) is 0 Å². The second-order valence-corrected chi connectivity index (χ2v) is 7.10. The predicted octanol–water partition coefficient (Wildman–Crippen LogP) is 3.60. The maximum Gasteiger partial charge on any atom is 0.318 e. The first-order valence-electron chi connectivity index (χ1n) is 9.68. The van der Waals surface area contributed by atoms with Crippen molar-refractivity contribution in [3.63, 3.8) is 0 Å². The lowest BCUT2D eigenvalue weighted by atomic mass is 9.94. The van der Waals surface area contributed by atoms with E-state index < -0.39 is 0 Å². The number of nitrogens with zero attached hydrogens (tertiary/aromatic N) is 4. The number of imidazole rings is 1. The van der Waals surface area contributed by atoms with E-state index in [4.69, 9.17) is 0 Å². The molecule has 6 nitrogen and oxygen atoms in total. The molecule has 0 spiro atoms. The maximum absolute atomic E-state index is 13.1. The molecule has 0 saturated heterocycles. The molecule has 2 heterocycles. The van der Waals surface area contributed by atoms with E-state index in [9.17, 15) is 4.79 Å². The van der Waals surface area contributed by atoms with Gasteiger partial charge in [0.05, 0.1) is 6.33 Å². The summed E-state index contributed by atoms with van der Waals surface area (Å²) in [6, 6.07) is 4.41. The van der Waals surface area contributed by atoms with Crippen molar-refractivity contribution in [1.82, 2.24) is 24.8 Å². The fourth-order valence-corrected chi connectivity index (χ4v) is 3.63. The molecule has 0 aliphatic heterocycles. The Bertz CT molecular complexity index is 652. The van der Waals surface area contributed by atoms with Crippen LogP contribution in [-0.2, 0) is 13.1 Å². The zero-order valence-corrected chi connectivity index (χ0v) is 15.6. The van der Waals surface area contributed by atoms with Gasteiger partial charge in [0, 0.05) is 50.0 Å². The van der Waals surface area contributed by atoms with Gasteiger partial charge >= 0.3 is 6.03 Å². The third kappa shape index (κ3) is 5.07. The van der Waals surface area contributed by atoms with E-state index in [1.165, 1.54) is 19.3 Å². The Balaban J connectivity index is 1.68. The molecule has 0 unspecified atom stereocenters. The molecule has 140 valence electrons. The molecule has 26 heavy (non-hydrogen) atoms. The van der Waals surface area contributed by atoms with E-state index in [0.29, 0.717) is 12.6 Å². The summed E-state index contributed by atoms with van der Waals surface area (Å²) in [5.41, 5.74) is 1.08. The zero-order valence-electron chi connectivity index (χ0n) is 15.6. The van der Waals surface area contributed by atoms with Crippen molar-refractivity contribution in [3.8, 4) is 0 Å². The van der Waals surface area contributed by atoms with E-state index in [2.05, 4.69) is 22.2 Å². The van der Waals surface area contributed by atoms with E-state index >= 15 is 0 Å². The Hall–Kier alpha value is -2.37. The highest BCUT2D eigenvalue weighted by molar-refractivity contribution is 5.75. The Morgan fingerprint density at radius 2 is 2.15 bits per heavy atom. The zero-order chi connectivity index (χ0) is 18.2. The van der Waals surface area contributed by atoms with Crippen LogP contribution in [-0.4, -0.2) is 37.5 Å². The third-order valence-corrected chi connectivity index (χ3v) is 5.16. The molecule has 1 atom stereocenters. The molecule has 2 aromatic heterocycles. The van der Waals surface area contributed by atoms with Gasteiger partial charge in [0.2, 0.25) is 0 Å². The van der Waals surface area contributed by atoms with Crippen LogP contribution >= 0.6 is 0 Å². The summed E-state index contributed by atoms with van der Waals surface area (Å²) in [5.74, 6) is 0. The first-order chi connectivity index (χ1) is 12.8. The second kappa shape index (κ2) is 9.36. The van der Waals surface area contributed by atoms with Gasteiger partial charge in [-0.3, -0.25) is 4.98 Å². The van der Waals surface area contributed by atoms with Crippen LogP contribution in [0, 0.1) is 0 Å². The van der Waals surface area contributed by atoms with Gasteiger partial charge in [-0.1, -0.05) is 32.3 Å². The summed E-state index contributed by atoms with van der Waals surface area (Å²) in [4.78, 5) is 23.4. The summed E-state index contributed by atoms with van der Waals surface area (Å²) in [6.45, 7) is 3.47. The fourth-order valence-electron chi connectivity index (χ4n) is 3.63. The van der Waals surface area contributed by atoms with Gasteiger partial charge in [0.15, 0.2) is 0 Å². The van der Waals surface area contributed by atoms with E-state index in [1.807, 2.05) is 34.0 Å². The molecule has 1 saturated carbocycles. The summed E-state index contributed by atoms with van der Waals surface area (Å²) >= 11 is 0. The topological polar surface area (TPSA) is 63.1 Å². The number of urea groups is 1. The summed E-state index contributed by atoms with van der Waals surface area (Å²) in [6.07, 6.45) is 15.9. The van der Waals surface area contributed by atoms with Gasteiger partial charge in [0.25, 0.3) is 0 Å². The average Bonchev–Trinajstić information content (AvgIpc) is 3.20. The Kier molecular flexibility index (Phi) is 6.63. The van der Waals surface area contributed by atoms with E-state index in [0.717, 1.165) is 31.4 Å². The molecular formula is C20H29N5O. The van der Waals surface area contributed by atoms with Crippen LogP contribution in [0.1, 0.15) is 51.0 Å². The van der Waals surface area contributed by atoms with Gasteiger partial charge in [-0.25, -0.2) is 9.78 Å². The lowest BCUT2D eigenvalue weighted by Gasteiger charge is -2.35. The van der Waals surface area contributed by atoms with Gasteiger partial charge < -0.3 is 14.8 Å². The molecule has 1 aliphatic rings. The number of carbonyl (C=O) groups is 1. The van der Waals surface area contributed by atoms with Gasteiger partial charge in [-0.05, 0) is 30.9 Å². The number of amides is 2. The first kappa shape index (κ1) is 18.4.